The van der Waals surface area contributed by atoms with Crippen LogP contribution in [-0.2, 0) is 9.59 Å². The number of aliphatic carboxylic acids is 1. The molecule has 4 N–H and O–H groups in total. The summed E-state index contributed by atoms with van der Waals surface area (Å²) in [6.45, 7) is 4.40. The number of rotatable bonds is 8. The van der Waals surface area contributed by atoms with E-state index >= 15 is 0 Å². The minimum Gasteiger partial charge on any atom is -0.481 e. The molecule has 94 valence electrons. The molecule has 0 rings (SSSR count). The summed E-state index contributed by atoms with van der Waals surface area (Å²) in [5.74, 6) is -0.605. The summed E-state index contributed by atoms with van der Waals surface area (Å²) >= 11 is 0. The van der Waals surface area contributed by atoms with Crippen molar-refractivity contribution in [1.82, 2.24) is 5.32 Å². The summed E-state index contributed by atoms with van der Waals surface area (Å²) in [5, 5.41) is 11.2. The number of nitrogens with one attached hydrogen (secondary N) is 1. The Hall–Kier alpha value is -1.10. The fraction of sp³-hybridized carbons (Fsp3) is 0.818. The molecule has 0 saturated heterocycles. The molecule has 0 aliphatic rings. The van der Waals surface area contributed by atoms with Gasteiger partial charge in [0.25, 0.3) is 0 Å². The summed E-state index contributed by atoms with van der Waals surface area (Å²) < 4.78 is 0. The lowest BCUT2D eigenvalue weighted by atomic mass is 10.0. The first-order valence-corrected chi connectivity index (χ1v) is 5.72. The lowest BCUT2D eigenvalue weighted by Gasteiger charge is -2.13. The number of amides is 1. The Balaban J connectivity index is 3.57. The molecule has 0 aromatic carbocycles. The summed E-state index contributed by atoms with van der Waals surface area (Å²) in [7, 11) is 0. The minimum absolute atomic E-state index is 0.132. The molecule has 1 amide bonds. The molecule has 2 atom stereocenters. The predicted molar refractivity (Wildman–Crippen MR) is 61.9 cm³/mol. The van der Waals surface area contributed by atoms with E-state index in [9.17, 15) is 9.59 Å². The third-order valence-corrected chi connectivity index (χ3v) is 2.56. The molecule has 0 saturated carbocycles. The molecule has 0 aromatic heterocycles. The standard InChI is InChI=1S/C11H22N2O3/c1-3-9(12)11(16)13-7-6-8(2)4-5-10(14)15/h8-9H,3-7,12H2,1-2H3,(H,13,16)(H,14,15)/t8?,9-/m0/s1. The number of carbonyl (C=O) groups is 2. The maximum Gasteiger partial charge on any atom is 0.303 e. The molecular formula is C11H22N2O3. The van der Waals surface area contributed by atoms with Crippen LogP contribution in [0.5, 0.6) is 0 Å². The number of hydrogen-bond acceptors (Lipinski definition) is 3. The van der Waals surface area contributed by atoms with Gasteiger partial charge < -0.3 is 16.2 Å². The molecule has 0 heterocycles. The van der Waals surface area contributed by atoms with Crippen molar-refractivity contribution in [3.05, 3.63) is 0 Å². The van der Waals surface area contributed by atoms with Gasteiger partial charge in [0.2, 0.25) is 5.91 Å². The largest absolute Gasteiger partial charge is 0.481 e. The summed E-state index contributed by atoms with van der Waals surface area (Å²) in [6.07, 6.45) is 2.24. The molecule has 0 radical (unpaired) electrons. The zero-order chi connectivity index (χ0) is 12.6. The molecule has 0 bridgehead atoms. The number of hydrogen-bond donors (Lipinski definition) is 3. The van der Waals surface area contributed by atoms with Crippen molar-refractivity contribution in [2.24, 2.45) is 11.7 Å². The van der Waals surface area contributed by atoms with Crippen LogP contribution < -0.4 is 11.1 Å². The van der Waals surface area contributed by atoms with Crippen LogP contribution in [0.1, 0.15) is 39.5 Å². The second-order valence-electron chi connectivity index (χ2n) is 4.13. The number of nitrogens with two attached hydrogens (primary N) is 1. The maximum atomic E-state index is 11.3. The Bertz CT molecular complexity index is 231. The Labute approximate surface area is 96.4 Å². The van der Waals surface area contributed by atoms with Crippen molar-refractivity contribution in [3.8, 4) is 0 Å². The van der Waals surface area contributed by atoms with Crippen LogP contribution in [0.2, 0.25) is 0 Å². The Morgan fingerprint density at radius 2 is 2.00 bits per heavy atom. The first kappa shape index (κ1) is 14.9. The molecule has 0 aliphatic heterocycles. The van der Waals surface area contributed by atoms with E-state index in [4.69, 9.17) is 10.8 Å². The highest BCUT2D eigenvalue weighted by atomic mass is 16.4. The highest BCUT2D eigenvalue weighted by molar-refractivity contribution is 5.81. The molecule has 5 heteroatoms. The highest BCUT2D eigenvalue weighted by Gasteiger charge is 2.11. The van der Waals surface area contributed by atoms with E-state index in [0.29, 0.717) is 25.3 Å². The molecule has 0 aromatic rings. The zero-order valence-corrected chi connectivity index (χ0v) is 10.0. The van der Waals surface area contributed by atoms with Gasteiger partial charge in [0.15, 0.2) is 0 Å². The minimum atomic E-state index is -0.774. The number of carboxylic acids is 1. The van der Waals surface area contributed by atoms with Gasteiger partial charge in [-0.25, -0.2) is 0 Å². The van der Waals surface area contributed by atoms with Gasteiger partial charge in [-0.15, -0.1) is 0 Å². The van der Waals surface area contributed by atoms with Crippen molar-refractivity contribution in [2.75, 3.05) is 6.54 Å². The molecule has 0 spiro atoms. The van der Waals surface area contributed by atoms with E-state index < -0.39 is 12.0 Å². The van der Waals surface area contributed by atoms with Gasteiger partial charge in [-0.2, -0.15) is 0 Å². The van der Waals surface area contributed by atoms with E-state index in [1.54, 1.807) is 0 Å². The fourth-order valence-corrected chi connectivity index (χ4v) is 1.27. The number of carbonyl (C=O) groups excluding carboxylic acids is 1. The molecule has 0 fully saturated rings. The Kier molecular flexibility index (Phi) is 7.54. The third-order valence-electron chi connectivity index (χ3n) is 2.56. The van der Waals surface area contributed by atoms with E-state index in [2.05, 4.69) is 5.32 Å². The predicted octanol–water partition coefficient (Wildman–Crippen LogP) is 0.731. The van der Waals surface area contributed by atoms with Gasteiger partial charge in [0.05, 0.1) is 6.04 Å². The molecule has 0 aliphatic carbocycles. The second kappa shape index (κ2) is 8.10. The molecule has 16 heavy (non-hydrogen) atoms. The summed E-state index contributed by atoms with van der Waals surface area (Å²) in [4.78, 5) is 21.6. The van der Waals surface area contributed by atoms with Crippen LogP contribution in [0.15, 0.2) is 0 Å². The molecule has 1 unspecified atom stereocenters. The van der Waals surface area contributed by atoms with Crippen LogP contribution in [-0.4, -0.2) is 29.6 Å². The normalized spacial score (nSPS) is 14.2. The van der Waals surface area contributed by atoms with Crippen LogP contribution in [0.25, 0.3) is 0 Å². The van der Waals surface area contributed by atoms with E-state index in [1.165, 1.54) is 0 Å². The summed E-state index contributed by atoms with van der Waals surface area (Å²) in [5.41, 5.74) is 5.54. The SMILES string of the molecule is CC[C@H](N)C(=O)NCCC(C)CCC(=O)O. The fourth-order valence-electron chi connectivity index (χ4n) is 1.27. The molecular weight excluding hydrogens is 208 g/mol. The van der Waals surface area contributed by atoms with Crippen LogP contribution >= 0.6 is 0 Å². The van der Waals surface area contributed by atoms with Crippen molar-refractivity contribution in [3.63, 3.8) is 0 Å². The zero-order valence-electron chi connectivity index (χ0n) is 10.0. The van der Waals surface area contributed by atoms with Crippen molar-refractivity contribution < 1.29 is 14.7 Å². The van der Waals surface area contributed by atoms with Gasteiger partial charge in [-0.05, 0) is 25.2 Å². The van der Waals surface area contributed by atoms with Crippen molar-refractivity contribution >= 4 is 11.9 Å². The monoisotopic (exact) mass is 230 g/mol. The van der Waals surface area contributed by atoms with Gasteiger partial charge in [0.1, 0.15) is 0 Å². The topological polar surface area (TPSA) is 92.4 Å². The second-order valence-corrected chi connectivity index (χ2v) is 4.13. The Morgan fingerprint density at radius 3 is 2.50 bits per heavy atom. The smallest absolute Gasteiger partial charge is 0.303 e. The van der Waals surface area contributed by atoms with E-state index in [1.807, 2.05) is 13.8 Å². The average molecular weight is 230 g/mol. The van der Waals surface area contributed by atoms with Gasteiger partial charge in [0, 0.05) is 13.0 Å². The van der Waals surface area contributed by atoms with Crippen molar-refractivity contribution in [1.29, 1.82) is 0 Å². The van der Waals surface area contributed by atoms with Gasteiger partial charge >= 0.3 is 5.97 Å². The lowest BCUT2D eigenvalue weighted by molar-refractivity contribution is -0.137. The first-order chi connectivity index (χ1) is 7.47. The van der Waals surface area contributed by atoms with Gasteiger partial charge in [-0.3, -0.25) is 9.59 Å². The maximum absolute atomic E-state index is 11.3. The van der Waals surface area contributed by atoms with Crippen LogP contribution in [0.4, 0.5) is 0 Å². The lowest BCUT2D eigenvalue weighted by Crippen LogP contribution is -2.40. The van der Waals surface area contributed by atoms with Gasteiger partial charge in [-0.1, -0.05) is 13.8 Å². The third kappa shape index (κ3) is 7.23. The van der Waals surface area contributed by atoms with Crippen molar-refractivity contribution in [2.45, 2.75) is 45.6 Å². The molecule has 5 nitrogen and oxygen atoms in total. The average Bonchev–Trinajstić information content (AvgIpc) is 2.24. The highest BCUT2D eigenvalue weighted by Crippen LogP contribution is 2.09. The summed E-state index contributed by atoms with van der Waals surface area (Å²) in [6, 6.07) is -0.436. The quantitative estimate of drug-likeness (QED) is 0.573. The first-order valence-electron chi connectivity index (χ1n) is 5.72. The van der Waals surface area contributed by atoms with Crippen LogP contribution in [0, 0.1) is 5.92 Å². The number of carboxylic acid groups (broad SMARTS) is 1. The van der Waals surface area contributed by atoms with E-state index in [0.717, 1.165) is 6.42 Å². The Morgan fingerprint density at radius 1 is 1.38 bits per heavy atom. The van der Waals surface area contributed by atoms with Crippen LogP contribution in [0.3, 0.4) is 0 Å². The van der Waals surface area contributed by atoms with E-state index in [-0.39, 0.29) is 12.3 Å².